The molecule has 5 nitrogen and oxygen atoms in total. The van der Waals surface area contributed by atoms with Gasteiger partial charge in [0.25, 0.3) is 5.91 Å². The fraction of sp³-hybridized carbons (Fsp3) is 0.611. The Balaban J connectivity index is 2.04. The third-order valence-electron chi connectivity index (χ3n) is 4.16. The Morgan fingerprint density at radius 3 is 2.67 bits per heavy atom. The van der Waals surface area contributed by atoms with Gasteiger partial charge in [-0.1, -0.05) is 11.6 Å². The zero-order valence-electron chi connectivity index (χ0n) is 14.6. The maximum absolute atomic E-state index is 12.7. The van der Waals surface area contributed by atoms with E-state index in [0.29, 0.717) is 29.7 Å². The maximum atomic E-state index is 12.7. The number of anilines is 1. The van der Waals surface area contributed by atoms with Crippen molar-refractivity contribution in [2.75, 3.05) is 25.6 Å². The van der Waals surface area contributed by atoms with Gasteiger partial charge in [-0.15, -0.1) is 0 Å². The molecule has 1 atom stereocenters. The molecule has 1 aliphatic carbocycles. The molecule has 134 valence electrons. The van der Waals surface area contributed by atoms with Crippen molar-refractivity contribution in [3.63, 3.8) is 0 Å². The average Bonchev–Trinajstić information content (AvgIpc) is 3.00. The SMILES string of the molecule is CCOC1(C(=O)Nc2ccc(O[C@@H](C)COC)c(Cl)c2)CCCC1. The van der Waals surface area contributed by atoms with Crippen molar-refractivity contribution in [3.05, 3.63) is 23.2 Å². The normalized spacial score (nSPS) is 17.5. The van der Waals surface area contributed by atoms with Crippen molar-refractivity contribution in [2.45, 2.75) is 51.2 Å². The lowest BCUT2D eigenvalue weighted by Gasteiger charge is -2.27. The fourth-order valence-corrected chi connectivity index (χ4v) is 3.29. The van der Waals surface area contributed by atoms with E-state index in [0.717, 1.165) is 25.7 Å². The molecule has 0 heterocycles. The third kappa shape index (κ3) is 4.62. The Labute approximate surface area is 148 Å². The molecule has 0 bridgehead atoms. The number of nitrogens with one attached hydrogen (secondary N) is 1. The van der Waals surface area contributed by atoms with Gasteiger partial charge in [-0.2, -0.15) is 0 Å². The van der Waals surface area contributed by atoms with Gasteiger partial charge in [0.1, 0.15) is 17.5 Å². The maximum Gasteiger partial charge on any atom is 0.256 e. The Hall–Kier alpha value is -1.30. The van der Waals surface area contributed by atoms with Gasteiger partial charge in [0, 0.05) is 19.4 Å². The highest BCUT2D eigenvalue weighted by molar-refractivity contribution is 6.32. The number of rotatable bonds is 8. The van der Waals surface area contributed by atoms with Gasteiger partial charge in [-0.3, -0.25) is 4.79 Å². The summed E-state index contributed by atoms with van der Waals surface area (Å²) in [6, 6.07) is 5.24. The van der Waals surface area contributed by atoms with Crippen LogP contribution in [0, 0.1) is 0 Å². The minimum absolute atomic E-state index is 0.0978. The van der Waals surface area contributed by atoms with E-state index in [1.54, 1.807) is 25.3 Å². The van der Waals surface area contributed by atoms with Crippen molar-refractivity contribution in [2.24, 2.45) is 0 Å². The molecule has 0 radical (unpaired) electrons. The quantitative estimate of drug-likeness (QED) is 0.764. The van der Waals surface area contributed by atoms with Crippen LogP contribution < -0.4 is 10.1 Å². The first-order chi connectivity index (χ1) is 11.5. The lowest BCUT2D eigenvalue weighted by Crippen LogP contribution is -2.43. The molecule has 1 fully saturated rings. The van der Waals surface area contributed by atoms with Crippen molar-refractivity contribution >= 4 is 23.2 Å². The molecule has 0 saturated heterocycles. The summed E-state index contributed by atoms with van der Waals surface area (Å²) in [6.45, 7) is 4.82. The second kappa shape index (κ2) is 8.70. The Morgan fingerprint density at radius 1 is 1.38 bits per heavy atom. The zero-order valence-corrected chi connectivity index (χ0v) is 15.3. The number of methoxy groups -OCH3 is 1. The van der Waals surface area contributed by atoms with Crippen molar-refractivity contribution in [1.82, 2.24) is 0 Å². The van der Waals surface area contributed by atoms with Gasteiger partial charge in [-0.05, 0) is 57.7 Å². The molecule has 1 N–H and O–H groups in total. The summed E-state index contributed by atoms with van der Waals surface area (Å²) in [4.78, 5) is 12.7. The number of amides is 1. The van der Waals surface area contributed by atoms with E-state index in [1.807, 2.05) is 13.8 Å². The molecule has 0 unspecified atom stereocenters. The topological polar surface area (TPSA) is 56.8 Å². The van der Waals surface area contributed by atoms with Crippen LogP contribution in [0.4, 0.5) is 5.69 Å². The molecule has 1 saturated carbocycles. The van der Waals surface area contributed by atoms with Gasteiger partial charge in [0.05, 0.1) is 11.6 Å². The Morgan fingerprint density at radius 2 is 2.08 bits per heavy atom. The molecular formula is C18H26ClNO4. The van der Waals surface area contributed by atoms with Crippen LogP contribution in [0.3, 0.4) is 0 Å². The molecule has 0 aliphatic heterocycles. The number of halogens is 1. The van der Waals surface area contributed by atoms with Crippen LogP contribution in [-0.4, -0.2) is 37.9 Å². The highest BCUT2D eigenvalue weighted by Gasteiger charge is 2.42. The summed E-state index contributed by atoms with van der Waals surface area (Å²) in [5, 5.41) is 3.38. The molecule has 1 aromatic rings. The fourth-order valence-electron chi connectivity index (χ4n) is 3.06. The first-order valence-corrected chi connectivity index (χ1v) is 8.79. The van der Waals surface area contributed by atoms with Crippen LogP contribution >= 0.6 is 11.6 Å². The predicted octanol–water partition coefficient (Wildman–Crippen LogP) is 4.04. The molecular weight excluding hydrogens is 330 g/mol. The largest absolute Gasteiger partial charge is 0.487 e. The van der Waals surface area contributed by atoms with Crippen molar-refractivity contribution < 1.29 is 19.0 Å². The summed E-state index contributed by atoms with van der Waals surface area (Å²) >= 11 is 6.26. The molecule has 2 rings (SSSR count). The molecule has 0 aromatic heterocycles. The summed E-state index contributed by atoms with van der Waals surface area (Å²) < 4.78 is 16.5. The second-order valence-electron chi connectivity index (χ2n) is 6.12. The van der Waals surface area contributed by atoms with Crippen LogP contribution in [0.15, 0.2) is 18.2 Å². The summed E-state index contributed by atoms with van der Waals surface area (Å²) in [5.41, 5.74) is -0.0636. The predicted molar refractivity (Wildman–Crippen MR) is 94.9 cm³/mol. The summed E-state index contributed by atoms with van der Waals surface area (Å²) in [7, 11) is 1.62. The van der Waals surface area contributed by atoms with E-state index in [2.05, 4.69) is 5.32 Å². The highest BCUT2D eigenvalue weighted by Crippen LogP contribution is 2.35. The van der Waals surface area contributed by atoms with E-state index in [1.165, 1.54) is 0 Å². The third-order valence-corrected chi connectivity index (χ3v) is 4.46. The molecule has 1 aromatic carbocycles. The number of benzene rings is 1. The van der Waals surface area contributed by atoms with Gasteiger partial charge in [-0.25, -0.2) is 0 Å². The summed E-state index contributed by atoms with van der Waals surface area (Å²) in [5.74, 6) is 0.471. The molecule has 1 amide bonds. The van der Waals surface area contributed by atoms with Gasteiger partial charge >= 0.3 is 0 Å². The minimum Gasteiger partial charge on any atom is -0.487 e. The Kier molecular flexibility index (Phi) is 6.90. The van der Waals surface area contributed by atoms with Gasteiger partial charge in [0.2, 0.25) is 0 Å². The Bertz CT molecular complexity index is 558. The van der Waals surface area contributed by atoms with E-state index in [-0.39, 0.29) is 12.0 Å². The number of hydrogen-bond acceptors (Lipinski definition) is 4. The zero-order chi connectivity index (χ0) is 17.6. The number of ether oxygens (including phenoxy) is 3. The number of hydrogen-bond donors (Lipinski definition) is 1. The van der Waals surface area contributed by atoms with Crippen molar-refractivity contribution in [1.29, 1.82) is 0 Å². The lowest BCUT2D eigenvalue weighted by molar-refractivity contribution is -0.140. The van der Waals surface area contributed by atoms with E-state index in [4.69, 9.17) is 25.8 Å². The summed E-state index contributed by atoms with van der Waals surface area (Å²) in [6.07, 6.45) is 3.44. The van der Waals surface area contributed by atoms with Crippen LogP contribution in [0.2, 0.25) is 5.02 Å². The number of carbonyl (C=O) groups excluding carboxylic acids is 1. The van der Waals surface area contributed by atoms with E-state index in [9.17, 15) is 4.79 Å². The van der Waals surface area contributed by atoms with Gasteiger partial charge < -0.3 is 19.5 Å². The molecule has 6 heteroatoms. The van der Waals surface area contributed by atoms with Crippen LogP contribution in [0.1, 0.15) is 39.5 Å². The van der Waals surface area contributed by atoms with Gasteiger partial charge in [0.15, 0.2) is 0 Å². The molecule has 0 spiro atoms. The average molecular weight is 356 g/mol. The molecule has 24 heavy (non-hydrogen) atoms. The van der Waals surface area contributed by atoms with E-state index >= 15 is 0 Å². The van der Waals surface area contributed by atoms with Crippen LogP contribution in [0.5, 0.6) is 5.75 Å². The van der Waals surface area contributed by atoms with Crippen molar-refractivity contribution in [3.8, 4) is 5.75 Å². The van der Waals surface area contributed by atoms with E-state index < -0.39 is 5.60 Å². The number of carbonyl (C=O) groups is 1. The highest BCUT2D eigenvalue weighted by atomic mass is 35.5. The molecule has 1 aliphatic rings. The second-order valence-corrected chi connectivity index (χ2v) is 6.52. The standard InChI is InChI=1S/C18H26ClNO4/c1-4-23-18(9-5-6-10-18)17(21)20-14-7-8-16(15(19)11-14)24-13(2)12-22-3/h7-8,11,13H,4-6,9-10,12H2,1-3H3,(H,20,21)/t13-/m0/s1. The minimum atomic E-state index is -0.705. The lowest BCUT2D eigenvalue weighted by atomic mass is 10.0. The first kappa shape index (κ1) is 19.0. The van der Waals surface area contributed by atoms with Crippen LogP contribution in [-0.2, 0) is 14.3 Å². The smallest absolute Gasteiger partial charge is 0.256 e. The van der Waals surface area contributed by atoms with Crippen LogP contribution in [0.25, 0.3) is 0 Å². The monoisotopic (exact) mass is 355 g/mol. The first-order valence-electron chi connectivity index (χ1n) is 8.41.